The molecule has 37 heavy (non-hydrogen) atoms. The molecule has 9 heteroatoms. The van der Waals surface area contributed by atoms with Crippen molar-refractivity contribution in [2.24, 2.45) is 0 Å². The van der Waals surface area contributed by atoms with Crippen molar-refractivity contribution in [1.29, 1.82) is 0 Å². The van der Waals surface area contributed by atoms with Gasteiger partial charge in [-0.05, 0) is 62.1 Å². The Morgan fingerprint density at radius 2 is 1.89 bits per heavy atom. The molecule has 8 nitrogen and oxygen atoms in total. The molecule has 0 unspecified atom stereocenters. The van der Waals surface area contributed by atoms with Crippen LogP contribution in [0.5, 0.6) is 0 Å². The first-order valence-corrected chi connectivity index (χ1v) is 12.0. The number of anilines is 1. The first kappa shape index (κ1) is 22.8. The molecule has 3 N–H and O–H groups in total. The summed E-state index contributed by atoms with van der Waals surface area (Å²) in [4.78, 5) is 19.1. The molecular formula is C28H25FN8. The second-order valence-electron chi connectivity index (χ2n) is 9.17. The number of fused-ring (bicyclic) bond motifs is 2. The van der Waals surface area contributed by atoms with E-state index in [-0.39, 0.29) is 5.82 Å². The average Bonchev–Trinajstić information content (AvgIpc) is 3.52. The molecule has 4 aromatic heterocycles. The molecule has 0 radical (unpaired) electrons. The average molecular weight is 493 g/mol. The number of nitrogens with zero attached hydrogens (tertiary/aromatic N) is 5. The van der Waals surface area contributed by atoms with Gasteiger partial charge in [0.2, 0.25) is 0 Å². The van der Waals surface area contributed by atoms with E-state index in [1.807, 2.05) is 56.6 Å². The molecule has 6 rings (SSSR count). The Kier molecular flexibility index (Phi) is 5.82. The lowest BCUT2D eigenvalue weighted by molar-refractivity contribution is 0.425. The molecule has 0 atom stereocenters. The molecule has 0 amide bonds. The lowest BCUT2D eigenvalue weighted by atomic mass is 10.0. The van der Waals surface area contributed by atoms with Gasteiger partial charge in [0, 0.05) is 47.7 Å². The summed E-state index contributed by atoms with van der Waals surface area (Å²) in [6.45, 7) is 1.56. The molecular weight excluding hydrogens is 467 g/mol. The Balaban J connectivity index is 1.41. The van der Waals surface area contributed by atoms with Gasteiger partial charge in [0.25, 0.3) is 0 Å². The monoisotopic (exact) mass is 492 g/mol. The molecule has 0 aliphatic carbocycles. The van der Waals surface area contributed by atoms with Crippen LogP contribution in [0.25, 0.3) is 55.8 Å². The third kappa shape index (κ3) is 4.52. The predicted octanol–water partition coefficient (Wildman–Crippen LogP) is 5.34. The lowest BCUT2D eigenvalue weighted by Gasteiger charge is -2.13. The van der Waals surface area contributed by atoms with Gasteiger partial charge in [0.15, 0.2) is 5.82 Å². The normalized spacial score (nSPS) is 11.6. The summed E-state index contributed by atoms with van der Waals surface area (Å²) < 4.78 is 14.6. The highest BCUT2D eigenvalue weighted by Gasteiger charge is 2.17. The highest BCUT2D eigenvalue weighted by molar-refractivity contribution is 5.98. The van der Waals surface area contributed by atoms with Crippen LogP contribution < -0.4 is 5.32 Å². The van der Waals surface area contributed by atoms with Gasteiger partial charge >= 0.3 is 0 Å². The minimum atomic E-state index is -0.300. The van der Waals surface area contributed by atoms with E-state index < -0.39 is 0 Å². The number of hydrogen-bond acceptors (Lipinski definition) is 6. The number of rotatable bonds is 7. The topological polar surface area (TPSA) is 98.4 Å². The summed E-state index contributed by atoms with van der Waals surface area (Å²) in [5.74, 6) is 0.323. The molecule has 2 aromatic carbocycles. The number of imidazole rings is 1. The number of halogens is 1. The number of pyridine rings is 2. The van der Waals surface area contributed by atoms with E-state index in [1.54, 1.807) is 18.6 Å². The van der Waals surface area contributed by atoms with Crippen LogP contribution in [0.15, 0.2) is 73.2 Å². The van der Waals surface area contributed by atoms with Crippen molar-refractivity contribution in [2.45, 2.75) is 0 Å². The Bertz CT molecular complexity index is 1700. The number of H-pyrrole nitrogens is 2. The van der Waals surface area contributed by atoms with Gasteiger partial charge in [-0.3, -0.25) is 15.1 Å². The van der Waals surface area contributed by atoms with E-state index in [0.29, 0.717) is 11.5 Å². The fraction of sp³-hybridized carbons (Fsp3) is 0.143. The van der Waals surface area contributed by atoms with Gasteiger partial charge in [-0.2, -0.15) is 5.10 Å². The zero-order valence-electron chi connectivity index (χ0n) is 20.5. The van der Waals surface area contributed by atoms with E-state index >= 15 is 0 Å². The number of benzene rings is 2. The quantitative estimate of drug-likeness (QED) is 0.278. The van der Waals surface area contributed by atoms with Crippen LogP contribution in [-0.2, 0) is 0 Å². The van der Waals surface area contributed by atoms with Crippen LogP contribution in [0.3, 0.4) is 0 Å². The zero-order chi connectivity index (χ0) is 25.4. The van der Waals surface area contributed by atoms with Crippen molar-refractivity contribution < 1.29 is 4.39 Å². The van der Waals surface area contributed by atoms with E-state index in [0.717, 1.165) is 63.1 Å². The highest BCUT2D eigenvalue weighted by Crippen LogP contribution is 2.33. The third-order valence-electron chi connectivity index (χ3n) is 6.24. The molecule has 0 fully saturated rings. The summed E-state index contributed by atoms with van der Waals surface area (Å²) in [5, 5.41) is 11.8. The fourth-order valence-corrected chi connectivity index (χ4v) is 4.42. The van der Waals surface area contributed by atoms with E-state index in [1.165, 1.54) is 12.1 Å². The van der Waals surface area contributed by atoms with Crippen LogP contribution in [0, 0.1) is 5.82 Å². The van der Waals surface area contributed by atoms with Crippen LogP contribution >= 0.6 is 0 Å². The Labute approximate surface area is 212 Å². The van der Waals surface area contributed by atoms with Crippen molar-refractivity contribution in [3.05, 3.63) is 79.0 Å². The summed E-state index contributed by atoms with van der Waals surface area (Å²) in [5.41, 5.74) is 7.14. The van der Waals surface area contributed by atoms with Gasteiger partial charge in [-0.25, -0.2) is 9.37 Å². The lowest BCUT2D eigenvalue weighted by Crippen LogP contribution is -2.20. The third-order valence-corrected chi connectivity index (χ3v) is 6.24. The number of nitrogens with one attached hydrogen (secondary N) is 3. The largest absolute Gasteiger partial charge is 0.384 e. The van der Waals surface area contributed by atoms with Crippen LogP contribution in [0.2, 0.25) is 0 Å². The Hall–Kier alpha value is -4.63. The summed E-state index contributed by atoms with van der Waals surface area (Å²) in [6, 6.07) is 16.7. The first-order valence-electron chi connectivity index (χ1n) is 12.0. The summed E-state index contributed by atoms with van der Waals surface area (Å²) >= 11 is 0. The zero-order valence-corrected chi connectivity index (χ0v) is 20.5. The van der Waals surface area contributed by atoms with Gasteiger partial charge in [0.05, 0.1) is 28.4 Å². The maximum atomic E-state index is 14.6. The molecule has 0 aliphatic heterocycles. The first-order chi connectivity index (χ1) is 18.0. The van der Waals surface area contributed by atoms with Gasteiger partial charge in [0.1, 0.15) is 11.5 Å². The highest BCUT2D eigenvalue weighted by atomic mass is 19.1. The second kappa shape index (κ2) is 9.44. The van der Waals surface area contributed by atoms with Crippen LogP contribution in [-0.4, -0.2) is 62.2 Å². The minimum Gasteiger partial charge on any atom is -0.384 e. The summed E-state index contributed by atoms with van der Waals surface area (Å²) in [7, 11) is 4.01. The maximum absolute atomic E-state index is 14.6. The number of para-hydroxylation sites is 1. The SMILES string of the molecule is CN(C)CCNc1cc(F)cc(-c2cccc3[nH]c(-c4n[nH]c5cnc(-c6cccnc6)cc45)nc23)c1. The predicted molar refractivity (Wildman–Crippen MR) is 145 cm³/mol. The van der Waals surface area contributed by atoms with E-state index in [4.69, 9.17) is 4.98 Å². The van der Waals surface area contributed by atoms with Crippen molar-refractivity contribution >= 4 is 27.6 Å². The number of likely N-dealkylation sites (N-methyl/N-ethyl adjacent to an activating group) is 1. The molecule has 4 heterocycles. The Morgan fingerprint density at radius 1 is 0.973 bits per heavy atom. The fourth-order valence-electron chi connectivity index (χ4n) is 4.42. The molecule has 6 aromatic rings. The number of hydrogen-bond donors (Lipinski definition) is 3. The van der Waals surface area contributed by atoms with Crippen LogP contribution in [0.1, 0.15) is 0 Å². The molecule has 184 valence electrons. The molecule has 0 saturated carbocycles. The summed E-state index contributed by atoms with van der Waals surface area (Å²) in [6.07, 6.45) is 5.28. The van der Waals surface area contributed by atoms with E-state index in [9.17, 15) is 4.39 Å². The number of aromatic amines is 2. The van der Waals surface area contributed by atoms with Crippen molar-refractivity contribution in [3.8, 4) is 33.9 Å². The van der Waals surface area contributed by atoms with E-state index in [2.05, 4.69) is 35.4 Å². The van der Waals surface area contributed by atoms with Gasteiger partial charge in [-0.1, -0.05) is 12.1 Å². The Morgan fingerprint density at radius 3 is 2.73 bits per heavy atom. The molecule has 0 bridgehead atoms. The molecule has 0 saturated heterocycles. The second-order valence-corrected chi connectivity index (χ2v) is 9.17. The van der Waals surface area contributed by atoms with Crippen molar-refractivity contribution in [1.82, 2.24) is 35.0 Å². The standard InChI is InChI=1S/C28H25FN8/c1-37(2)10-9-31-20-12-18(11-19(29)13-20)21-6-3-7-23-26(21)34-28(33-23)27-22-14-24(17-5-4-8-30-15-17)32-16-25(22)35-36-27/h3-8,11-16,31H,9-10H2,1-2H3,(H,33,34)(H,35,36). The van der Waals surface area contributed by atoms with Crippen molar-refractivity contribution in [3.63, 3.8) is 0 Å². The van der Waals surface area contributed by atoms with Gasteiger partial charge in [-0.15, -0.1) is 0 Å². The number of aromatic nitrogens is 6. The van der Waals surface area contributed by atoms with Crippen LogP contribution in [0.4, 0.5) is 10.1 Å². The smallest absolute Gasteiger partial charge is 0.159 e. The molecule has 0 spiro atoms. The minimum absolute atomic E-state index is 0.300. The van der Waals surface area contributed by atoms with Crippen molar-refractivity contribution in [2.75, 3.05) is 32.5 Å². The molecule has 0 aliphatic rings. The maximum Gasteiger partial charge on any atom is 0.159 e. The van der Waals surface area contributed by atoms with Gasteiger partial charge < -0.3 is 15.2 Å².